The summed E-state index contributed by atoms with van der Waals surface area (Å²) in [5.41, 5.74) is 1.56. The number of fused-ring (bicyclic) bond motifs is 1. The molecular weight excluding hydrogens is 356 g/mol. The van der Waals surface area contributed by atoms with Crippen molar-refractivity contribution in [1.29, 1.82) is 0 Å². The molecule has 0 aliphatic rings. The smallest absolute Gasteiger partial charge is 0.277 e. The Kier molecular flexibility index (Phi) is 6.37. The third kappa shape index (κ3) is 4.94. The van der Waals surface area contributed by atoms with E-state index < -0.39 is 0 Å². The fraction of sp³-hybridized carbons (Fsp3) is 0.333. The van der Waals surface area contributed by atoms with Gasteiger partial charge in [0.1, 0.15) is 17.9 Å². The van der Waals surface area contributed by atoms with Gasteiger partial charge in [0.25, 0.3) is 5.56 Å². The Hall–Kier alpha value is -3.22. The van der Waals surface area contributed by atoms with Gasteiger partial charge in [0.15, 0.2) is 0 Å². The number of amides is 1. The van der Waals surface area contributed by atoms with Gasteiger partial charge in [-0.25, -0.2) is 4.68 Å². The van der Waals surface area contributed by atoms with Crippen molar-refractivity contribution in [2.75, 3.05) is 13.2 Å². The molecule has 0 spiro atoms. The molecule has 1 heterocycles. The molecule has 2 aromatic carbocycles. The number of hydrogen-bond acceptors (Lipinski definition) is 5. The van der Waals surface area contributed by atoms with Gasteiger partial charge >= 0.3 is 0 Å². The van der Waals surface area contributed by atoms with Crippen LogP contribution in [0.2, 0.25) is 0 Å². The number of carbonyl (C=O) groups is 1. The van der Waals surface area contributed by atoms with Gasteiger partial charge < -0.3 is 10.1 Å². The fourth-order valence-corrected chi connectivity index (χ4v) is 2.77. The van der Waals surface area contributed by atoms with Crippen LogP contribution in [-0.2, 0) is 11.3 Å². The SMILES string of the molecule is CC(C)c1ccc(OCCNC(=O)CCn2nnc3ccccc3c2=O)cc1. The molecule has 1 aromatic heterocycles. The van der Waals surface area contributed by atoms with Crippen LogP contribution in [-0.4, -0.2) is 34.1 Å². The lowest BCUT2D eigenvalue weighted by Gasteiger charge is -2.10. The second-order valence-corrected chi connectivity index (χ2v) is 6.81. The van der Waals surface area contributed by atoms with E-state index >= 15 is 0 Å². The van der Waals surface area contributed by atoms with Crippen LogP contribution in [0, 0.1) is 0 Å². The van der Waals surface area contributed by atoms with Crippen LogP contribution in [0.5, 0.6) is 5.75 Å². The zero-order chi connectivity index (χ0) is 19.9. The van der Waals surface area contributed by atoms with E-state index in [-0.39, 0.29) is 24.4 Å². The number of carbonyl (C=O) groups excluding carboxylic acids is 1. The van der Waals surface area contributed by atoms with Gasteiger partial charge in [0, 0.05) is 6.42 Å². The molecule has 3 aromatic rings. The summed E-state index contributed by atoms with van der Waals surface area (Å²) in [5, 5.41) is 11.2. The molecule has 0 aliphatic carbocycles. The summed E-state index contributed by atoms with van der Waals surface area (Å²) in [4.78, 5) is 24.3. The highest BCUT2D eigenvalue weighted by Crippen LogP contribution is 2.18. The fourth-order valence-electron chi connectivity index (χ4n) is 2.77. The number of rotatable bonds is 8. The zero-order valence-electron chi connectivity index (χ0n) is 16.1. The quantitative estimate of drug-likeness (QED) is 0.607. The van der Waals surface area contributed by atoms with Gasteiger partial charge in [-0.2, -0.15) is 0 Å². The molecule has 0 saturated carbocycles. The molecule has 0 bridgehead atoms. The lowest BCUT2D eigenvalue weighted by Crippen LogP contribution is -2.31. The standard InChI is InChI=1S/C21H24N4O3/c1-15(2)16-7-9-17(10-8-16)28-14-12-22-20(26)11-13-25-21(27)18-5-3-4-6-19(18)23-24-25/h3-10,15H,11-14H2,1-2H3,(H,22,26). The highest BCUT2D eigenvalue weighted by Gasteiger charge is 2.07. The average Bonchev–Trinajstić information content (AvgIpc) is 2.71. The summed E-state index contributed by atoms with van der Waals surface area (Å²) < 4.78 is 6.85. The molecule has 3 rings (SSSR count). The Balaban J connectivity index is 1.42. The molecule has 146 valence electrons. The van der Waals surface area contributed by atoms with Crippen molar-refractivity contribution < 1.29 is 9.53 Å². The van der Waals surface area contributed by atoms with Crippen molar-refractivity contribution in [2.45, 2.75) is 32.7 Å². The molecule has 7 nitrogen and oxygen atoms in total. The van der Waals surface area contributed by atoms with Crippen LogP contribution in [0.25, 0.3) is 10.9 Å². The van der Waals surface area contributed by atoms with Crippen molar-refractivity contribution >= 4 is 16.8 Å². The molecule has 0 unspecified atom stereocenters. The Bertz CT molecular complexity index is 996. The Morgan fingerprint density at radius 2 is 1.89 bits per heavy atom. The molecule has 0 saturated heterocycles. The van der Waals surface area contributed by atoms with Crippen molar-refractivity contribution in [1.82, 2.24) is 20.3 Å². The number of aromatic nitrogens is 3. The minimum atomic E-state index is -0.244. The average molecular weight is 380 g/mol. The van der Waals surface area contributed by atoms with E-state index in [0.29, 0.717) is 30.0 Å². The number of hydrogen-bond donors (Lipinski definition) is 1. The number of benzene rings is 2. The van der Waals surface area contributed by atoms with Crippen LogP contribution in [0.4, 0.5) is 0 Å². The summed E-state index contributed by atoms with van der Waals surface area (Å²) >= 11 is 0. The summed E-state index contributed by atoms with van der Waals surface area (Å²) in [5.74, 6) is 1.09. The maximum absolute atomic E-state index is 12.3. The Morgan fingerprint density at radius 1 is 1.14 bits per heavy atom. The van der Waals surface area contributed by atoms with Crippen LogP contribution in [0.1, 0.15) is 31.7 Å². The molecule has 0 atom stereocenters. The first kappa shape index (κ1) is 19.5. The first-order valence-corrected chi connectivity index (χ1v) is 9.36. The third-order valence-corrected chi connectivity index (χ3v) is 4.42. The van der Waals surface area contributed by atoms with Gasteiger partial charge in [-0.3, -0.25) is 9.59 Å². The van der Waals surface area contributed by atoms with Gasteiger partial charge in [-0.15, -0.1) is 5.10 Å². The molecule has 7 heteroatoms. The van der Waals surface area contributed by atoms with E-state index in [4.69, 9.17) is 4.74 Å². The van der Waals surface area contributed by atoms with Gasteiger partial charge in [-0.05, 0) is 35.7 Å². The van der Waals surface area contributed by atoms with Crippen LogP contribution in [0.15, 0.2) is 53.3 Å². The Labute approximate surface area is 163 Å². The number of nitrogens with zero attached hydrogens (tertiary/aromatic N) is 3. The molecule has 0 aliphatic heterocycles. The number of ether oxygens (including phenoxy) is 1. The van der Waals surface area contributed by atoms with Gasteiger partial charge in [0.2, 0.25) is 5.91 Å². The van der Waals surface area contributed by atoms with Gasteiger partial charge in [-0.1, -0.05) is 43.3 Å². The molecule has 1 N–H and O–H groups in total. The maximum Gasteiger partial charge on any atom is 0.277 e. The first-order valence-electron chi connectivity index (χ1n) is 9.36. The topological polar surface area (TPSA) is 86.1 Å². The predicted molar refractivity (Wildman–Crippen MR) is 107 cm³/mol. The van der Waals surface area contributed by atoms with Crippen molar-refractivity contribution in [3.63, 3.8) is 0 Å². The third-order valence-electron chi connectivity index (χ3n) is 4.42. The lowest BCUT2D eigenvalue weighted by molar-refractivity contribution is -0.121. The van der Waals surface area contributed by atoms with E-state index in [1.54, 1.807) is 24.3 Å². The van der Waals surface area contributed by atoms with Crippen LogP contribution < -0.4 is 15.6 Å². The molecule has 0 radical (unpaired) electrons. The van der Waals surface area contributed by atoms with Crippen molar-refractivity contribution in [3.8, 4) is 5.75 Å². The summed E-state index contributed by atoms with van der Waals surface area (Å²) in [6.07, 6.45) is 0.149. The van der Waals surface area contributed by atoms with Crippen molar-refractivity contribution in [3.05, 3.63) is 64.4 Å². The maximum atomic E-state index is 12.3. The Morgan fingerprint density at radius 3 is 2.64 bits per heavy atom. The normalized spacial score (nSPS) is 11.0. The van der Waals surface area contributed by atoms with Gasteiger partial charge in [0.05, 0.1) is 18.5 Å². The van der Waals surface area contributed by atoms with E-state index in [2.05, 4.69) is 29.5 Å². The highest BCUT2D eigenvalue weighted by molar-refractivity contribution is 5.77. The van der Waals surface area contributed by atoms with Crippen LogP contribution >= 0.6 is 0 Å². The highest BCUT2D eigenvalue weighted by atomic mass is 16.5. The minimum absolute atomic E-state index is 0.149. The monoisotopic (exact) mass is 380 g/mol. The minimum Gasteiger partial charge on any atom is -0.492 e. The number of nitrogens with one attached hydrogen (secondary N) is 1. The molecule has 0 fully saturated rings. The lowest BCUT2D eigenvalue weighted by atomic mass is 10.0. The molecular formula is C21H24N4O3. The molecule has 28 heavy (non-hydrogen) atoms. The van der Waals surface area contributed by atoms with Crippen LogP contribution in [0.3, 0.4) is 0 Å². The number of aryl methyl sites for hydroxylation is 1. The van der Waals surface area contributed by atoms with E-state index in [0.717, 1.165) is 5.75 Å². The second kappa shape index (κ2) is 9.12. The van der Waals surface area contributed by atoms with E-state index in [1.165, 1.54) is 10.2 Å². The first-order chi connectivity index (χ1) is 13.5. The van der Waals surface area contributed by atoms with E-state index in [9.17, 15) is 9.59 Å². The predicted octanol–water partition coefficient (Wildman–Crippen LogP) is 2.50. The van der Waals surface area contributed by atoms with E-state index in [1.807, 2.05) is 24.3 Å². The molecule has 1 amide bonds. The summed E-state index contributed by atoms with van der Waals surface area (Å²) in [6.45, 7) is 5.23. The second-order valence-electron chi connectivity index (χ2n) is 6.81. The summed E-state index contributed by atoms with van der Waals surface area (Å²) in [6, 6.07) is 15.0. The zero-order valence-corrected chi connectivity index (χ0v) is 16.1. The van der Waals surface area contributed by atoms with Crippen molar-refractivity contribution in [2.24, 2.45) is 0 Å². The summed E-state index contributed by atoms with van der Waals surface area (Å²) in [7, 11) is 0. The largest absolute Gasteiger partial charge is 0.492 e.